The van der Waals surface area contributed by atoms with E-state index in [1.54, 1.807) is 11.8 Å². The molecule has 1 aromatic rings. The van der Waals surface area contributed by atoms with Crippen molar-refractivity contribution >= 4 is 23.5 Å². The third kappa shape index (κ3) is 1.53. The number of thioether (sulfide) groups is 2. The van der Waals surface area contributed by atoms with Crippen LogP contribution in [0.2, 0.25) is 0 Å². The Bertz CT molecular complexity index is 474. The second-order valence-corrected chi connectivity index (χ2v) is 8.07. The summed E-state index contributed by atoms with van der Waals surface area (Å²) in [5.74, 6) is 1.58. The lowest BCUT2D eigenvalue weighted by atomic mass is 9.99. The molecule has 1 nitrogen and oxygen atoms in total. The third-order valence-corrected chi connectivity index (χ3v) is 7.06. The minimum absolute atomic E-state index is 0.0262. The summed E-state index contributed by atoms with van der Waals surface area (Å²) in [6.07, 6.45) is 3.22. The Morgan fingerprint density at radius 3 is 2.82 bits per heavy atom. The molecule has 0 aromatic heterocycles. The molecule has 1 saturated carbocycles. The van der Waals surface area contributed by atoms with Crippen LogP contribution in [0.3, 0.4) is 0 Å². The molecule has 4 heteroatoms. The molecule has 2 atom stereocenters. The highest BCUT2D eigenvalue weighted by Crippen LogP contribution is 2.67. The second kappa shape index (κ2) is 3.35. The lowest BCUT2D eigenvalue weighted by Crippen LogP contribution is -2.34. The molecule has 4 rings (SSSR count). The number of alkyl halides is 1. The summed E-state index contributed by atoms with van der Waals surface area (Å²) in [7, 11) is 0. The van der Waals surface area contributed by atoms with E-state index in [4.69, 9.17) is 4.74 Å². The van der Waals surface area contributed by atoms with Gasteiger partial charge in [0.25, 0.3) is 0 Å². The molecule has 2 fully saturated rings. The molecule has 0 bridgehead atoms. The van der Waals surface area contributed by atoms with Gasteiger partial charge in [-0.2, -0.15) is 0 Å². The average Bonchev–Trinajstić information content (AvgIpc) is 2.95. The molecule has 1 aliphatic carbocycles. The normalized spacial score (nSPS) is 36.9. The van der Waals surface area contributed by atoms with E-state index >= 15 is 0 Å². The molecule has 1 aromatic carbocycles. The molecule has 90 valence electrons. The molecule has 2 aliphatic heterocycles. The number of benzene rings is 1. The van der Waals surface area contributed by atoms with Crippen LogP contribution in [0.1, 0.15) is 24.8 Å². The van der Waals surface area contributed by atoms with Gasteiger partial charge in [0.1, 0.15) is 11.4 Å². The van der Waals surface area contributed by atoms with Crippen LogP contribution in [0.4, 0.5) is 4.39 Å². The number of fused-ring (bicyclic) bond motifs is 2. The first-order valence-electron chi connectivity index (χ1n) is 5.96. The van der Waals surface area contributed by atoms with Gasteiger partial charge in [-0.25, -0.2) is 4.39 Å². The molecule has 0 radical (unpaired) electrons. The van der Waals surface area contributed by atoms with Crippen LogP contribution in [0, 0.1) is 0 Å². The number of hydrogen-bond acceptors (Lipinski definition) is 3. The van der Waals surface area contributed by atoms with Crippen molar-refractivity contribution in [3.05, 3.63) is 29.8 Å². The second-order valence-electron chi connectivity index (χ2n) is 5.05. The molecule has 2 heterocycles. The lowest BCUT2D eigenvalue weighted by molar-refractivity contribution is 0.144. The highest BCUT2D eigenvalue weighted by atomic mass is 32.2. The summed E-state index contributed by atoms with van der Waals surface area (Å²) in [6, 6.07) is 8.16. The van der Waals surface area contributed by atoms with Gasteiger partial charge in [0, 0.05) is 17.7 Å². The Morgan fingerprint density at radius 1 is 1.29 bits per heavy atom. The van der Waals surface area contributed by atoms with Crippen molar-refractivity contribution in [3.8, 4) is 5.75 Å². The largest absolute Gasteiger partial charge is 0.487 e. The average molecular weight is 268 g/mol. The van der Waals surface area contributed by atoms with Gasteiger partial charge in [0.05, 0.1) is 4.08 Å². The Balaban J connectivity index is 1.84. The molecule has 1 saturated heterocycles. The first-order chi connectivity index (χ1) is 8.22. The fraction of sp³-hybridized carbons (Fsp3) is 0.538. The zero-order chi connectivity index (χ0) is 11.5. The van der Waals surface area contributed by atoms with Crippen LogP contribution < -0.4 is 4.74 Å². The van der Waals surface area contributed by atoms with Crippen molar-refractivity contribution in [3.63, 3.8) is 0 Å². The maximum atomic E-state index is 13.6. The molecule has 17 heavy (non-hydrogen) atoms. The summed E-state index contributed by atoms with van der Waals surface area (Å²) in [6.45, 7) is 0. The number of hydrogen-bond donors (Lipinski definition) is 0. The van der Waals surface area contributed by atoms with Crippen molar-refractivity contribution < 1.29 is 9.13 Å². The van der Waals surface area contributed by atoms with Crippen LogP contribution >= 0.6 is 23.5 Å². The summed E-state index contributed by atoms with van der Waals surface area (Å²) in [5, 5.41) is 0. The fourth-order valence-electron chi connectivity index (χ4n) is 2.79. The van der Waals surface area contributed by atoms with E-state index in [1.807, 2.05) is 18.2 Å². The van der Waals surface area contributed by atoms with E-state index < -0.39 is 5.50 Å². The lowest BCUT2D eigenvalue weighted by Gasteiger charge is -2.39. The topological polar surface area (TPSA) is 9.23 Å². The van der Waals surface area contributed by atoms with Gasteiger partial charge < -0.3 is 4.74 Å². The van der Waals surface area contributed by atoms with Crippen LogP contribution in [-0.2, 0) is 4.08 Å². The first-order valence-corrected chi connectivity index (χ1v) is 7.82. The number of para-hydroxylation sites is 1. The van der Waals surface area contributed by atoms with Gasteiger partial charge in [-0.3, -0.25) is 0 Å². The molecule has 2 unspecified atom stereocenters. The number of rotatable bonds is 0. The predicted molar refractivity (Wildman–Crippen MR) is 70.3 cm³/mol. The standard InChI is InChI=1S/C13H13FOS2/c14-11-7-16-13(17-11)8-12(5-6-12)15-10-4-2-1-3-9(10)13/h1-4,11H,5-8H2. The molecule has 0 N–H and O–H groups in total. The smallest absolute Gasteiger partial charge is 0.156 e. The van der Waals surface area contributed by atoms with Gasteiger partial charge in [0.15, 0.2) is 5.50 Å². The van der Waals surface area contributed by atoms with Crippen molar-refractivity contribution in [2.75, 3.05) is 5.75 Å². The van der Waals surface area contributed by atoms with Crippen LogP contribution in [0.5, 0.6) is 5.75 Å². The van der Waals surface area contributed by atoms with Crippen LogP contribution in [0.25, 0.3) is 0 Å². The molecule has 0 amide bonds. The monoisotopic (exact) mass is 268 g/mol. The third-order valence-electron chi connectivity index (χ3n) is 3.75. The quantitative estimate of drug-likeness (QED) is 0.705. The number of halogens is 1. The SMILES string of the molecule is FC1CSC2(CC3(CC3)Oc3ccccc32)S1. The van der Waals surface area contributed by atoms with Gasteiger partial charge in [-0.15, -0.1) is 23.5 Å². The van der Waals surface area contributed by atoms with E-state index in [-0.39, 0.29) is 9.68 Å². The minimum Gasteiger partial charge on any atom is -0.487 e. The van der Waals surface area contributed by atoms with Gasteiger partial charge in [-0.05, 0) is 18.9 Å². The maximum absolute atomic E-state index is 13.6. The maximum Gasteiger partial charge on any atom is 0.156 e. The van der Waals surface area contributed by atoms with Crippen molar-refractivity contribution in [2.24, 2.45) is 0 Å². The van der Waals surface area contributed by atoms with Crippen molar-refractivity contribution in [2.45, 2.75) is 34.4 Å². The van der Waals surface area contributed by atoms with Crippen molar-refractivity contribution in [1.29, 1.82) is 0 Å². The van der Waals surface area contributed by atoms with Crippen LogP contribution in [-0.4, -0.2) is 16.9 Å². The fourth-order valence-corrected chi connectivity index (χ4v) is 6.20. The zero-order valence-electron chi connectivity index (χ0n) is 9.32. The Kier molecular flexibility index (Phi) is 2.08. The Hall–Kier alpha value is -0.350. The summed E-state index contributed by atoms with van der Waals surface area (Å²) in [5.41, 5.74) is 0.480. The van der Waals surface area contributed by atoms with E-state index in [0.29, 0.717) is 5.75 Å². The highest BCUT2D eigenvalue weighted by Gasteiger charge is 2.59. The van der Waals surface area contributed by atoms with Crippen LogP contribution in [0.15, 0.2) is 24.3 Å². The van der Waals surface area contributed by atoms with E-state index in [0.717, 1.165) is 25.0 Å². The zero-order valence-corrected chi connectivity index (χ0v) is 11.0. The highest BCUT2D eigenvalue weighted by molar-refractivity contribution is 8.20. The van der Waals surface area contributed by atoms with Crippen molar-refractivity contribution in [1.82, 2.24) is 0 Å². The van der Waals surface area contributed by atoms with E-state index in [2.05, 4.69) is 6.07 Å². The summed E-state index contributed by atoms with van der Waals surface area (Å²) >= 11 is 3.26. The van der Waals surface area contributed by atoms with Gasteiger partial charge in [0.2, 0.25) is 0 Å². The predicted octanol–water partition coefficient (Wildman–Crippen LogP) is 3.93. The first kappa shape index (κ1) is 10.6. The Morgan fingerprint density at radius 2 is 2.12 bits per heavy atom. The summed E-state index contributed by atoms with van der Waals surface area (Å²) < 4.78 is 19.6. The van der Waals surface area contributed by atoms with Gasteiger partial charge >= 0.3 is 0 Å². The Labute approximate surface area is 108 Å². The van der Waals surface area contributed by atoms with Gasteiger partial charge in [-0.1, -0.05) is 18.2 Å². The molecular formula is C13H13FOS2. The summed E-state index contributed by atoms with van der Waals surface area (Å²) in [4.78, 5) is 0. The number of ether oxygens (including phenoxy) is 1. The minimum atomic E-state index is -0.734. The molecule has 3 aliphatic rings. The molecule has 2 spiro atoms. The molecular weight excluding hydrogens is 255 g/mol. The van der Waals surface area contributed by atoms with E-state index in [1.165, 1.54) is 17.3 Å². The van der Waals surface area contributed by atoms with E-state index in [9.17, 15) is 4.39 Å².